The number of halogens is 1. The third-order valence-corrected chi connectivity index (χ3v) is 4.03. The molecule has 6 nitrogen and oxygen atoms in total. The molecule has 0 radical (unpaired) electrons. The number of aromatic nitrogens is 3. The first-order valence-corrected chi connectivity index (χ1v) is 9.05. The molecular formula is C19H25ClN4O2. The Kier molecular flexibility index (Phi) is 7.38. The summed E-state index contributed by atoms with van der Waals surface area (Å²) >= 11 is 5.94. The van der Waals surface area contributed by atoms with Crippen molar-refractivity contribution in [2.75, 3.05) is 19.7 Å². The maximum Gasteiger partial charge on any atom is 0.146 e. The highest BCUT2D eigenvalue weighted by atomic mass is 35.5. The van der Waals surface area contributed by atoms with Crippen molar-refractivity contribution in [1.29, 1.82) is 0 Å². The van der Waals surface area contributed by atoms with Gasteiger partial charge in [0, 0.05) is 11.6 Å². The van der Waals surface area contributed by atoms with E-state index in [4.69, 9.17) is 16.7 Å². The third kappa shape index (κ3) is 4.94. The summed E-state index contributed by atoms with van der Waals surface area (Å²) in [5, 5.41) is 31.7. The van der Waals surface area contributed by atoms with E-state index in [0.717, 1.165) is 24.2 Å². The van der Waals surface area contributed by atoms with Gasteiger partial charge in [0.15, 0.2) is 0 Å². The van der Waals surface area contributed by atoms with Gasteiger partial charge in [-0.2, -0.15) is 0 Å². The Balaban J connectivity index is 0.000000431. The summed E-state index contributed by atoms with van der Waals surface area (Å²) in [5.41, 5.74) is 3.49. The van der Waals surface area contributed by atoms with Gasteiger partial charge in [-0.15, -0.1) is 15.0 Å². The molecule has 0 amide bonds. The number of phenols is 1. The lowest BCUT2D eigenvalue weighted by Gasteiger charge is -2.09. The van der Waals surface area contributed by atoms with E-state index in [1.54, 1.807) is 31.2 Å². The predicted octanol–water partition coefficient (Wildman–Crippen LogP) is 3.24. The number of fused-ring (bicyclic) bond motifs is 1. The van der Waals surface area contributed by atoms with Crippen LogP contribution in [0.3, 0.4) is 0 Å². The van der Waals surface area contributed by atoms with Crippen LogP contribution >= 0.6 is 11.6 Å². The molecule has 0 saturated heterocycles. The van der Waals surface area contributed by atoms with Crippen LogP contribution < -0.4 is 5.32 Å². The van der Waals surface area contributed by atoms with Crippen LogP contribution in [0.1, 0.15) is 25.0 Å². The molecule has 0 spiro atoms. The Morgan fingerprint density at radius 2 is 1.77 bits per heavy atom. The van der Waals surface area contributed by atoms with E-state index >= 15 is 0 Å². The number of aryl methyl sites for hydroxylation is 1. The fraction of sp³-hybridized carbons (Fsp3) is 0.368. The zero-order valence-corrected chi connectivity index (χ0v) is 16.1. The minimum absolute atomic E-state index is 0.0494. The fourth-order valence-electron chi connectivity index (χ4n) is 2.51. The molecule has 0 saturated carbocycles. The second-order valence-electron chi connectivity index (χ2n) is 5.83. The van der Waals surface area contributed by atoms with Crippen molar-refractivity contribution in [1.82, 2.24) is 20.3 Å². The van der Waals surface area contributed by atoms with Gasteiger partial charge < -0.3 is 15.5 Å². The maximum atomic E-state index is 10.2. The largest absolute Gasteiger partial charge is 0.505 e. The smallest absolute Gasteiger partial charge is 0.146 e. The van der Waals surface area contributed by atoms with Crippen LogP contribution in [-0.2, 0) is 6.42 Å². The molecular weight excluding hydrogens is 352 g/mol. The molecule has 1 aromatic heterocycles. The Morgan fingerprint density at radius 1 is 1.08 bits per heavy atom. The quantitative estimate of drug-likeness (QED) is 0.636. The Morgan fingerprint density at radius 3 is 2.38 bits per heavy atom. The molecule has 3 rings (SSSR count). The Labute approximate surface area is 158 Å². The van der Waals surface area contributed by atoms with Crippen molar-refractivity contribution in [2.24, 2.45) is 0 Å². The SMILES string of the molecule is CCNCC.Cc1cc(CCO)cc(-n2nc3ccc(Cl)cc3n2)c1O. The van der Waals surface area contributed by atoms with E-state index in [9.17, 15) is 5.11 Å². The number of nitrogens with one attached hydrogen (secondary N) is 1. The number of nitrogens with zero attached hydrogens (tertiary/aromatic N) is 3. The van der Waals surface area contributed by atoms with Crippen LogP contribution in [0.15, 0.2) is 30.3 Å². The van der Waals surface area contributed by atoms with Gasteiger partial charge in [0.2, 0.25) is 0 Å². The van der Waals surface area contributed by atoms with Crippen LogP contribution in [-0.4, -0.2) is 44.9 Å². The number of hydrogen-bond acceptors (Lipinski definition) is 5. The normalized spacial score (nSPS) is 10.7. The number of rotatable bonds is 5. The third-order valence-electron chi connectivity index (χ3n) is 3.80. The van der Waals surface area contributed by atoms with Crippen LogP contribution in [0, 0.1) is 6.92 Å². The molecule has 0 aliphatic heterocycles. The van der Waals surface area contributed by atoms with Crippen molar-refractivity contribution in [3.63, 3.8) is 0 Å². The van der Waals surface area contributed by atoms with Gasteiger partial charge in [-0.1, -0.05) is 31.5 Å². The van der Waals surface area contributed by atoms with Crippen LogP contribution in [0.2, 0.25) is 5.02 Å². The molecule has 1 heterocycles. The molecule has 2 aromatic carbocycles. The van der Waals surface area contributed by atoms with E-state index in [1.807, 2.05) is 6.07 Å². The van der Waals surface area contributed by atoms with Gasteiger partial charge in [-0.25, -0.2) is 0 Å². The van der Waals surface area contributed by atoms with Crippen molar-refractivity contribution < 1.29 is 10.2 Å². The highest BCUT2D eigenvalue weighted by molar-refractivity contribution is 6.31. The summed E-state index contributed by atoms with van der Waals surface area (Å²) in [6.45, 7) is 8.24. The average molecular weight is 377 g/mol. The van der Waals surface area contributed by atoms with Crippen LogP contribution in [0.4, 0.5) is 0 Å². The van der Waals surface area contributed by atoms with Crippen molar-refractivity contribution in [3.05, 3.63) is 46.5 Å². The molecule has 0 bridgehead atoms. The number of aliphatic hydroxyl groups is 1. The molecule has 0 fully saturated rings. The standard InChI is InChI=1S/C15H14ClN3O2.C4H11N/c1-9-6-10(4-5-20)7-14(15(9)21)19-17-12-3-2-11(16)8-13(12)18-19;1-3-5-4-2/h2-3,6-8,20-21H,4-5H2,1H3;5H,3-4H2,1-2H3. The van der Waals surface area contributed by atoms with E-state index in [1.165, 1.54) is 4.80 Å². The highest BCUT2D eigenvalue weighted by Crippen LogP contribution is 2.28. The molecule has 0 aliphatic carbocycles. The first-order chi connectivity index (χ1) is 12.5. The number of aliphatic hydroxyl groups excluding tert-OH is 1. The maximum absolute atomic E-state index is 10.2. The summed E-state index contributed by atoms with van der Waals surface area (Å²) in [4.78, 5) is 1.39. The van der Waals surface area contributed by atoms with Crippen molar-refractivity contribution >= 4 is 22.6 Å². The second-order valence-corrected chi connectivity index (χ2v) is 6.27. The number of phenolic OH excluding ortho intramolecular Hbond substituents is 1. The molecule has 0 atom stereocenters. The Bertz CT molecular complexity index is 862. The zero-order valence-electron chi connectivity index (χ0n) is 15.3. The van der Waals surface area contributed by atoms with Crippen LogP contribution in [0.5, 0.6) is 5.75 Å². The monoisotopic (exact) mass is 376 g/mol. The first-order valence-electron chi connectivity index (χ1n) is 8.67. The van der Waals surface area contributed by atoms with Gasteiger partial charge in [-0.3, -0.25) is 0 Å². The lowest BCUT2D eigenvalue weighted by Crippen LogP contribution is -2.09. The molecule has 7 heteroatoms. The molecule has 26 heavy (non-hydrogen) atoms. The van der Waals surface area contributed by atoms with Crippen molar-refractivity contribution in [3.8, 4) is 11.4 Å². The summed E-state index contributed by atoms with van der Waals surface area (Å²) in [6, 6.07) is 8.87. The van der Waals surface area contributed by atoms with Crippen LogP contribution in [0.25, 0.3) is 16.7 Å². The average Bonchev–Trinajstić information content (AvgIpc) is 3.02. The van der Waals surface area contributed by atoms with Gasteiger partial charge in [0.25, 0.3) is 0 Å². The lowest BCUT2D eigenvalue weighted by molar-refractivity contribution is 0.299. The molecule has 0 aliphatic rings. The predicted molar refractivity (Wildman–Crippen MR) is 105 cm³/mol. The van der Waals surface area contributed by atoms with E-state index in [2.05, 4.69) is 29.4 Å². The molecule has 140 valence electrons. The summed E-state index contributed by atoms with van der Waals surface area (Å²) in [6.07, 6.45) is 0.515. The minimum atomic E-state index is 0.0494. The summed E-state index contributed by atoms with van der Waals surface area (Å²) in [7, 11) is 0. The lowest BCUT2D eigenvalue weighted by atomic mass is 10.1. The number of benzene rings is 2. The molecule has 3 aromatic rings. The van der Waals surface area contributed by atoms with E-state index in [-0.39, 0.29) is 12.4 Å². The van der Waals surface area contributed by atoms with Gasteiger partial charge in [-0.05, 0) is 61.8 Å². The molecule has 0 unspecified atom stereocenters. The number of hydrogen-bond donors (Lipinski definition) is 3. The summed E-state index contributed by atoms with van der Waals surface area (Å²) in [5.74, 6) is 0.128. The minimum Gasteiger partial charge on any atom is -0.505 e. The topological polar surface area (TPSA) is 83.2 Å². The highest BCUT2D eigenvalue weighted by Gasteiger charge is 2.12. The zero-order chi connectivity index (χ0) is 19.1. The number of aromatic hydroxyl groups is 1. The van der Waals surface area contributed by atoms with Gasteiger partial charge >= 0.3 is 0 Å². The molecule has 3 N–H and O–H groups in total. The van der Waals surface area contributed by atoms with Crippen molar-refractivity contribution in [2.45, 2.75) is 27.2 Å². The fourth-order valence-corrected chi connectivity index (χ4v) is 2.67. The van der Waals surface area contributed by atoms with Gasteiger partial charge in [0.05, 0.1) is 0 Å². The summed E-state index contributed by atoms with van der Waals surface area (Å²) < 4.78 is 0. The van der Waals surface area contributed by atoms with E-state index < -0.39 is 0 Å². The van der Waals surface area contributed by atoms with Gasteiger partial charge in [0.1, 0.15) is 22.5 Å². The van der Waals surface area contributed by atoms with E-state index in [0.29, 0.717) is 28.2 Å². The first kappa shape index (κ1) is 20.2. The Hall–Kier alpha value is -2.15. The second kappa shape index (κ2) is 9.52.